The Morgan fingerprint density at radius 2 is 1.81 bits per heavy atom. The number of carbonyl (C=O) groups is 1. The molecule has 2 fully saturated rings. The van der Waals surface area contributed by atoms with Gasteiger partial charge in [0.2, 0.25) is 0 Å². The zero-order valence-corrected chi connectivity index (χ0v) is 18.2. The SMILES string of the molecule is COC(=O)[C@@H]1Cc2c([nH]c3ccccc23)[C@H]2C[C@H](NC3CC3)C[C@@H](c3ccc(F)cc3)N21. The molecule has 2 N–H and O–H groups in total. The van der Waals surface area contributed by atoms with Crippen LogP contribution in [0.1, 0.15) is 54.6 Å². The molecule has 166 valence electrons. The summed E-state index contributed by atoms with van der Waals surface area (Å²) in [5.74, 6) is -0.443. The number of halogens is 1. The number of ether oxygens (including phenoxy) is 1. The van der Waals surface area contributed by atoms with Gasteiger partial charge in [0, 0.05) is 41.1 Å². The third-order valence-electron chi connectivity index (χ3n) is 7.45. The lowest BCUT2D eigenvalue weighted by Crippen LogP contribution is -2.55. The molecule has 3 heterocycles. The minimum atomic E-state index is -0.367. The van der Waals surface area contributed by atoms with E-state index in [-0.39, 0.29) is 29.9 Å². The Hall–Kier alpha value is -2.70. The number of hydrogen-bond acceptors (Lipinski definition) is 4. The van der Waals surface area contributed by atoms with Crippen molar-refractivity contribution in [1.82, 2.24) is 15.2 Å². The summed E-state index contributed by atoms with van der Waals surface area (Å²) in [5.41, 5.74) is 4.59. The Morgan fingerprint density at radius 3 is 2.56 bits per heavy atom. The van der Waals surface area contributed by atoms with E-state index in [0.29, 0.717) is 18.5 Å². The maximum atomic E-state index is 13.7. The van der Waals surface area contributed by atoms with Gasteiger partial charge in [0.15, 0.2) is 0 Å². The van der Waals surface area contributed by atoms with Crippen LogP contribution in [0.15, 0.2) is 48.5 Å². The molecule has 2 aliphatic heterocycles. The number of carbonyl (C=O) groups excluding carboxylic acids is 1. The van der Waals surface area contributed by atoms with Crippen LogP contribution < -0.4 is 5.32 Å². The van der Waals surface area contributed by atoms with E-state index in [1.54, 1.807) is 0 Å². The third-order valence-corrected chi connectivity index (χ3v) is 7.45. The van der Waals surface area contributed by atoms with E-state index >= 15 is 0 Å². The van der Waals surface area contributed by atoms with Gasteiger partial charge in [0.25, 0.3) is 0 Å². The number of aromatic amines is 1. The molecule has 6 rings (SSSR count). The summed E-state index contributed by atoms with van der Waals surface area (Å²) < 4.78 is 19.0. The molecule has 3 aliphatic rings. The van der Waals surface area contributed by atoms with E-state index < -0.39 is 0 Å². The molecule has 1 aliphatic carbocycles. The molecule has 0 bridgehead atoms. The number of hydrogen-bond donors (Lipinski definition) is 2. The van der Waals surface area contributed by atoms with Crippen LogP contribution in [0.5, 0.6) is 0 Å². The largest absolute Gasteiger partial charge is 0.468 e. The first-order valence-electron chi connectivity index (χ1n) is 11.6. The number of nitrogens with zero attached hydrogens (tertiary/aromatic N) is 1. The Bertz CT molecular complexity index is 1150. The Morgan fingerprint density at radius 1 is 1.06 bits per heavy atom. The molecule has 6 heteroatoms. The molecule has 0 amide bonds. The van der Waals surface area contributed by atoms with Crippen molar-refractivity contribution in [2.75, 3.05) is 7.11 Å². The standard InChI is InChI=1S/C26H28FN3O2/c1-32-26(31)24-14-20-19-4-2-3-5-21(19)29-25(20)23-13-18(28-17-10-11-17)12-22(30(23)24)15-6-8-16(27)9-7-15/h2-9,17-18,22-24,28-29H,10-14H2,1H3/t18-,22+,23-,24+/m1/s1. The number of fused-ring (bicyclic) bond motifs is 5. The number of H-pyrrole nitrogens is 1. The number of aromatic nitrogens is 1. The first-order valence-corrected chi connectivity index (χ1v) is 11.6. The molecule has 5 nitrogen and oxygen atoms in total. The number of piperidine rings is 1. The van der Waals surface area contributed by atoms with Gasteiger partial charge in [0.05, 0.1) is 13.2 Å². The minimum absolute atomic E-state index is 0.00858. The van der Waals surface area contributed by atoms with E-state index in [0.717, 1.165) is 23.9 Å². The summed E-state index contributed by atoms with van der Waals surface area (Å²) >= 11 is 0. The molecule has 0 radical (unpaired) electrons. The Kier molecular flexibility index (Phi) is 4.81. The second-order valence-corrected chi connectivity index (χ2v) is 9.45. The highest BCUT2D eigenvalue weighted by Gasteiger charge is 2.48. The van der Waals surface area contributed by atoms with Crippen LogP contribution in [-0.2, 0) is 16.0 Å². The number of para-hydroxylation sites is 1. The summed E-state index contributed by atoms with van der Waals surface area (Å²) in [6, 6.07) is 15.8. The molecular weight excluding hydrogens is 405 g/mol. The molecule has 2 aromatic carbocycles. The fraction of sp³-hybridized carbons (Fsp3) is 0.423. The lowest BCUT2D eigenvalue weighted by molar-refractivity contribution is -0.152. The van der Waals surface area contributed by atoms with Crippen LogP contribution in [0, 0.1) is 5.82 Å². The van der Waals surface area contributed by atoms with Crippen molar-refractivity contribution in [1.29, 1.82) is 0 Å². The number of rotatable bonds is 4. The van der Waals surface area contributed by atoms with Crippen LogP contribution in [-0.4, -0.2) is 41.1 Å². The fourth-order valence-corrected chi connectivity index (χ4v) is 5.87. The zero-order valence-electron chi connectivity index (χ0n) is 18.2. The lowest BCUT2D eigenvalue weighted by atomic mass is 9.79. The van der Waals surface area contributed by atoms with Gasteiger partial charge in [-0.25, -0.2) is 4.39 Å². The smallest absolute Gasteiger partial charge is 0.323 e. The molecule has 4 atom stereocenters. The van der Waals surface area contributed by atoms with Gasteiger partial charge in [-0.3, -0.25) is 9.69 Å². The molecular formula is C26H28FN3O2. The number of nitrogens with one attached hydrogen (secondary N) is 2. The predicted molar refractivity (Wildman–Crippen MR) is 121 cm³/mol. The van der Waals surface area contributed by atoms with Crippen molar-refractivity contribution in [2.45, 2.75) is 62.3 Å². The fourth-order valence-electron chi connectivity index (χ4n) is 5.87. The van der Waals surface area contributed by atoms with Crippen molar-refractivity contribution >= 4 is 16.9 Å². The average molecular weight is 434 g/mol. The van der Waals surface area contributed by atoms with Crippen LogP contribution in [0.2, 0.25) is 0 Å². The van der Waals surface area contributed by atoms with Gasteiger partial charge in [-0.15, -0.1) is 0 Å². The van der Waals surface area contributed by atoms with Gasteiger partial charge >= 0.3 is 5.97 Å². The molecule has 1 aromatic heterocycles. The van der Waals surface area contributed by atoms with E-state index in [4.69, 9.17) is 4.74 Å². The number of benzene rings is 2. The first-order chi connectivity index (χ1) is 15.6. The van der Waals surface area contributed by atoms with Crippen LogP contribution in [0.25, 0.3) is 10.9 Å². The summed E-state index contributed by atoms with van der Waals surface area (Å²) in [5, 5.41) is 5.02. The predicted octanol–water partition coefficient (Wildman–Crippen LogP) is 4.40. The minimum Gasteiger partial charge on any atom is -0.468 e. The molecule has 0 spiro atoms. The van der Waals surface area contributed by atoms with Gasteiger partial charge in [-0.2, -0.15) is 0 Å². The molecule has 3 aromatic rings. The normalized spacial score (nSPS) is 27.7. The molecule has 1 saturated heterocycles. The lowest BCUT2D eigenvalue weighted by Gasteiger charge is -2.50. The summed E-state index contributed by atoms with van der Waals surface area (Å²) in [4.78, 5) is 19.1. The van der Waals surface area contributed by atoms with E-state index in [2.05, 4.69) is 33.4 Å². The zero-order chi connectivity index (χ0) is 21.8. The monoisotopic (exact) mass is 433 g/mol. The van der Waals surface area contributed by atoms with E-state index in [1.165, 1.54) is 48.7 Å². The molecule has 32 heavy (non-hydrogen) atoms. The van der Waals surface area contributed by atoms with Gasteiger partial charge < -0.3 is 15.0 Å². The topological polar surface area (TPSA) is 57.4 Å². The Balaban J connectivity index is 1.48. The number of esters is 1. The molecule has 0 unspecified atom stereocenters. The number of methoxy groups -OCH3 is 1. The van der Waals surface area contributed by atoms with Crippen LogP contribution in [0.4, 0.5) is 4.39 Å². The second kappa shape index (κ2) is 7.71. The van der Waals surface area contributed by atoms with Gasteiger partial charge in [-0.1, -0.05) is 30.3 Å². The molecule has 1 saturated carbocycles. The van der Waals surface area contributed by atoms with Gasteiger partial charge in [0.1, 0.15) is 11.9 Å². The average Bonchev–Trinajstić information content (AvgIpc) is 3.55. The van der Waals surface area contributed by atoms with E-state index in [9.17, 15) is 9.18 Å². The summed E-state index contributed by atoms with van der Waals surface area (Å²) in [7, 11) is 1.47. The Labute approximate surface area is 186 Å². The highest BCUT2D eigenvalue weighted by atomic mass is 19.1. The van der Waals surface area contributed by atoms with Crippen molar-refractivity contribution in [3.05, 3.63) is 71.2 Å². The third kappa shape index (κ3) is 3.33. The first kappa shape index (κ1) is 19.9. The summed E-state index contributed by atoms with van der Waals surface area (Å²) in [6.07, 6.45) is 4.90. The maximum absolute atomic E-state index is 13.7. The van der Waals surface area contributed by atoms with Crippen molar-refractivity contribution in [3.8, 4) is 0 Å². The van der Waals surface area contributed by atoms with Crippen LogP contribution in [0.3, 0.4) is 0 Å². The quantitative estimate of drug-likeness (QED) is 0.599. The van der Waals surface area contributed by atoms with Gasteiger partial charge in [-0.05, 0) is 55.0 Å². The van der Waals surface area contributed by atoms with Crippen LogP contribution >= 0.6 is 0 Å². The highest BCUT2D eigenvalue weighted by molar-refractivity contribution is 5.87. The van der Waals surface area contributed by atoms with Crippen molar-refractivity contribution < 1.29 is 13.9 Å². The maximum Gasteiger partial charge on any atom is 0.323 e. The van der Waals surface area contributed by atoms with Crippen molar-refractivity contribution in [2.24, 2.45) is 0 Å². The van der Waals surface area contributed by atoms with Crippen molar-refractivity contribution in [3.63, 3.8) is 0 Å². The second-order valence-electron chi connectivity index (χ2n) is 9.45. The highest BCUT2D eigenvalue weighted by Crippen LogP contribution is 2.49. The van der Waals surface area contributed by atoms with E-state index in [1.807, 2.05) is 18.2 Å². The summed E-state index contributed by atoms with van der Waals surface area (Å²) in [6.45, 7) is 0.